The van der Waals surface area contributed by atoms with Crippen molar-refractivity contribution in [2.24, 2.45) is 0 Å². The van der Waals surface area contributed by atoms with Crippen molar-refractivity contribution in [1.29, 1.82) is 0 Å². The Morgan fingerprint density at radius 1 is 1.00 bits per heavy atom. The van der Waals surface area contributed by atoms with Crippen molar-refractivity contribution >= 4 is 7.64 Å². The van der Waals surface area contributed by atoms with Crippen molar-refractivity contribution in [2.45, 2.75) is 39.8 Å². The molecule has 0 heterocycles. The summed E-state index contributed by atoms with van der Waals surface area (Å²) < 4.78 is 2.08. The summed E-state index contributed by atoms with van der Waals surface area (Å²) in [5.74, 6) is 0. The van der Waals surface area contributed by atoms with Crippen LogP contribution >= 0.6 is 0 Å². The second-order valence-electron chi connectivity index (χ2n) is 2.70. The molecule has 1 nitrogen and oxygen atoms in total. The summed E-state index contributed by atoms with van der Waals surface area (Å²) in [7, 11) is 3.87. The summed E-state index contributed by atoms with van der Waals surface area (Å²) in [6.45, 7) is 8.58. The van der Waals surface area contributed by atoms with E-state index < -0.39 is 0 Å². The van der Waals surface area contributed by atoms with E-state index in [9.17, 15) is 0 Å². The zero-order valence-corrected chi connectivity index (χ0v) is 6.31. The van der Waals surface area contributed by atoms with Gasteiger partial charge < -0.3 is 0 Å². The van der Waals surface area contributed by atoms with Gasteiger partial charge in [-0.25, -0.2) is 0 Å². The molecule has 0 bridgehead atoms. The molecule has 0 aromatic heterocycles. The van der Waals surface area contributed by atoms with Crippen LogP contribution in [0.25, 0.3) is 0 Å². The van der Waals surface area contributed by atoms with E-state index in [1.165, 1.54) is 0 Å². The van der Waals surface area contributed by atoms with Crippen LogP contribution in [-0.4, -0.2) is 24.2 Å². The Morgan fingerprint density at radius 3 is 1.25 bits per heavy atom. The Balaban J connectivity index is 3.65. The molecule has 0 radical (unpaired) electrons. The summed E-state index contributed by atoms with van der Waals surface area (Å²) in [4.78, 5) is 0. The van der Waals surface area contributed by atoms with Gasteiger partial charge in [0.15, 0.2) is 0 Å². The number of hydrogen-bond acceptors (Lipinski definition) is 0. The monoisotopic (exact) mass is 112 g/mol. The van der Waals surface area contributed by atoms with Crippen molar-refractivity contribution in [3.8, 4) is 0 Å². The van der Waals surface area contributed by atoms with Crippen molar-refractivity contribution in [3.63, 3.8) is 0 Å². The van der Waals surface area contributed by atoms with Crippen LogP contribution in [0.3, 0.4) is 0 Å². The Bertz CT molecular complexity index is 76.5. The van der Waals surface area contributed by atoms with E-state index in [2.05, 4.69) is 39.8 Å². The maximum atomic E-state index is 3.87. The first-order chi connectivity index (χ1) is 3.55. The summed E-state index contributed by atoms with van der Waals surface area (Å²) in [6.07, 6.45) is 0. The molecule has 0 aliphatic carbocycles. The fourth-order valence-electron chi connectivity index (χ4n) is 0.596. The maximum absolute atomic E-state index is 3.87. The topological polar surface area (TPSA) is 3.01 Å². The van der Waals surface area contributed by atoms with Crippen LogP contribution in [0.15, 0.2) is 0 Å². The fourth-order valence-corrected chi connectivity index (χ4v) is 0.596. The Kier molecular flexibility index (Phi) is 2.95. The fraction of sp³-hybridized carbons (Fsp3) is 1.00. The van der Waals surface area contributed by atoms with Crippen molar-refractivity contribution < 1.29 is 4.48 Å². The zero-order valence-electron chi connectivity index (χ0n) is 6.31. The molecule has 0 unspecified atom stereocenters. The van der Waals surface area contributed by atoms with Crippen LogP contribution in [-0.2, 0) is 0 Å². The van der Waals surface area contributed by atoms with E-state index in [4.69, 9.17) is 0 Å². The van der Waals surface area contributed by atoms with Crippen molar-refractivity contribution in [2.75, 3.05) is 0 Å². The van der Waals surface area contributed by atoms with Crippen LogP contribution in [0.4, 0.5) is 0 Å². The van der Waals surface area contributed by atoms with Gasteiger partial charge in [0.2, 0.25) is 0 Å². The third-order valence-electron chi connectivity index (χ3n) is 1.33. The summed E-state index contributed by atoms with van der Waals surface area (Å²) >= 11 is 0. The Labute approximate surface area is 52.8 Å². The van der Waals surface area contributed by atoms with E-state index in [0.717, 1.165) is 0 Å². The molecule has 0 aromatic carbocycles. The van der Waals surface area contributed by atoms with Crippen LogP contribution in [0.2, 0.25) is 0 Å². The molecular weight excluding hydrogens is 96.9 g/mol. The summed E-state index contributed by atoms with van der Waals surface area (Å²) in [6, 6.07) is 1.13. The normalized spacial score (nSPS) is 10.6. The molecule has 2 heteroatoms. The first kappa shape index (κ1) is 7.86. The molecule has 0 atom stereocenters. The average molecular weight is 112 g/mol. The average Bonchev–Trinajstić information content (AvgIpc) is 1.64. The van der Waals surface area contributed by atoms with Gasteiger partial charge >= 0.3 is 51.9 Å². The molecule has 0 fully saturated rings. The van der Waals surface area contributed by atoms with E-state index in [1.54, 1.807) is 0 Å². The Hall–Kier alpha value is -0.135. The van der Waals surface area contributed by atoms with Crippen LogP contribution in [0.5, 0.6) is 0 Å². The molecule has 46 valence electrons. The van der Waals surface area contributed by atoms with E-state index in [0.29, 0.717) is 12.1 Å². The number of nitrogens with zero attached hydrogens (tertiary/aromatic N) is 1. The van der Waals surface area contributed by atoms with E-state index in [1.807, 2.05) is 0 Å². The first-order valence-corrected chi connectivity index (χ1v) is 3.14. The van der Waals surface area contributed by atoms with Crippen molar-refractivity contribution in [1.82, 2.24) is 0 Å². The molecule has 0 aliphatic heterocycles. The first-order valence-electron chi connectivity index (χ1n) is 3.14. The van der Waals surface area contributed by atoms with Gasteiger partial charge in [0.1, 0.15) is 0 Å². The van der Waals surface area contributed by atoms with Crippen LogP contribution < -0.4 is 0 Å². The molecule has 0 aromatic rings. The quantitative estimate of drug-likeness (QED) is 0.467. The molecule has 0 spiro atoms. The molecule has 0 saturated heterocycles. The van der Waals surface area contributed by atoms with Crippen LogP contribution in [0.1, 0.15) is 27.7 Å². The summed E-state index contributed by atoms with van der Waals surface area (Å²) in [5, 5.41) is 0. The van der Waals surface area contributed by atoms with Gasteiger partial charge in [-0.1, -0.05) is 0 Å². The molecule has 8 heavy (non-hydrogen) atoms. The van der Waals surface area contributed by atoms with E-state index >= 15 is 0 Å². The molecule has 0 N–H and O–H groups in total. The van der Waals surface area contributed by atoms with Crippen molar-refractivity contribution in [3.05, 3.63) is 0 Å². The molecular formula is C6H15BN+. The molecule has 0 amide bonds. The van der Waals surface area contributed by atoms with Gasteiger partial charge in [0.25, 0.3) is 0 Å². The van der Waals surface area contributed by atoms with Gasteiger partial charge in [-0.15, -0.1) is 0 Å². The van der Waals surface area contributed by atoms with Crippen LogP contribution in [0, 0.1) is 0 Å². The molecule has 0 rings (SSSR count). The van der Waals surface area contributed by atoms with Gasteiger partial charge in [0.05, 0.1) is 0 Å². The predicted octanol–water partition coefficient (Wildman–Crippen LogP) is 0.900. The Morgan fingerprint density at radius 2 is 1.25 bits per heavy atom. The second kappa shape index (κ2) is 3.00. The van der Waals surface area contributed by atoms with Gasteiger partial charge in [-0.05, 0) is 0 Å². The van der Waals surface area contributed by atoms with Gasteiger partial charge in [0, 0.05) is 0 Å². The zero-order chi connectivity index (χ0) is 6.73. The number of hydrogen-bond donors (Lipinski definition) is 0. The standard InChI is InChI=1S/C6H15BN/c1-5(2)8(7)6(3)4/h5-7H,1-4H3/q+1. The number of rotatable bonds is 2. The third kappa shape index (κ3) is 2.24. The molecule has 0 aliphatic rings. The summed E-state index contributed by atoms with van der Waals surface area (Å²) in [5.41, 5.74) is 0. The van der Waals surface area contributed by atoms with E-state index in [-0.39, 0.29) is 0 Å². The minimum absolute atomic E-state index is 0.565. The molecule has 0 saturated carbocycles. The minimum atomic E-state index is 0.565. The SMILES string of the molecule is B=[N+](C(C)C)C(C)C. The second-order valence-corrected chi connectivity index (χ2v) is 2.70. The van der Waals surface area contributed by atoms with Gasteiger partial charge in [-0.3, -0.25) is 0 Å². The van der Waals surface area contributed by atoms with Gasteiger partial charge in [-0.2, -0.15) is 0 Å². The predicted molar refractivity (Wildman–Crippen MR) is 37.7 cm³/mol. The third-order valence-corrected chi connectivity index (χ3v) is 1.33.